The molecule has 0 amide bonds. The first-order valence-electron chi connectivity index (χ1n) is 8.00. The highest BCUT2D eigenvalue weighted by atomic mass is 35.5. The van der Waals surface area contributed by atoms with Crippen LogP contribution in [0.1, 0.15) is 31.9 Å². The van der Waals surface area contributed by atoms with Crippen molar-refractivity contribution in [1.82, 2.24) is 15.1 Å². The predicted octanol–water partition coefficient (Wildman–Crippen LogP) is 3.02. The Labute approximate surface area is 134 Å². The van der Waals surface area contributed by atoms with Crippen LogP contribution in [-0.4, -0.2) is 55.6 Å². The number of rotatable bonds is 6. The van der Waals surface area contributed by atoms with E-state index in [1.54, 1.807) is 0 Å². The molecule has 0 aromatic heterocycles. The largest absolute Gasteiger partial charge is 0.313 e. The molecule has 1 unspecified atom stereocenters. The molecule has 0 saturated carbocycles. The second-order valence-electron chi connectivity index (χ2n) is 6.12. The van der Waals surface area contributed by atoms with Crippen LogP contribution in [0.3, 0.4) is 0 Å². The lowest BCUT2D eigenvalue weighted by atomic mass is 10.0. The topological polar surface area (TPSA) is 18.5 Å². The van der Waals surface area contributed by atoms with Gasteiger partial charge in [0.15, 0.2) is 0 Å². The van der Waals surface area contributed by atoms with Crippen molar-refractivity contribution in [3.8, 4) is 0 Å². The molecule has 1 aromatic carbocycles. The molecule has 118 valence electrons. The average molecular weight is 310 g/mol. The Morgan fingerprint density at radius 2 is 1.81 bits per heavy atom. The van der Waals surface area contributed by atoms with Gasteiger partial charge in [-0.3, -0.25) is 4.90 Å². The van der Waals surface area contributed by atoms with E-state index >= 15 is 0 Å². The lowest BCUT2D eigenvalue weighted by Crippen LogP contribution is -2.49. The fourth-order valence-corrected chi connectivity index (χ4v) is 3.30. The van der Waals surface area contributed by atoms with Crippen LogP contribution in [0.5, 0.6) is 0 Å². The molecule has 1 heterocycles. The summed E-state index contributed by atoms with van der Waals surface area (Å²) in [6.07, 6.45) is 1.10. The number of benzene rings is 1. The summed E-state index contributed by atoms with van der Waals surface area (Å²) in [5.74, 6) is 0. The number of piperazine rings is 1. The molecule has 1 aliphatic rings. The van der Waals surface area contributed by atoms with Crippen molar-refractivity contribution in [2.45, 2.75) is 32.4 Å². The molecule has 4 heteroatoms. The van der Waals surface area contributed by atoms with Crippen molar-refractivity contribution in [1.29, 1.82) is 0 Å². The molecule has 0 aliphatic carbocycles. The number of hydrogen-bond donors (Lipinski definition) is 1. The van der Waals surface area contributed by atoms with E-state index in [-0.39, 0.29) is 0 Å². The van der Waals surface area contributed by atoms with Gasteiger partial charge < -0.3 is 10.2 Å². The van der Waals surface area contributed by atoms with Gasteiger partial charge in [-0.05, 0) is 38.9 Å². The van der Waals surface area contributed by atoms with Crippen molar-refractivity contribution in [3.63, 3.8) is 0 Å². The molecule has 1 aromatic rings. The van der Waals surface area contributed by atoms with Crippen LogP contribution in [0.15, 0.2) is 24.3 Å². The summed E-state index contributed by atoms with van der Waals surface area (Å²) < 4.78 is 0. The van der Waals surface area contributed by atoms with Crippen LogP contribution < -0.4 is 5.32 Å². The van der Waals surface area contributed by atoms with Gasteiger partial charge in [-0.2, -0.15) is 0 Å². The molecule has 0 spiro atoms. The number of nitrogens with zero attached hydrogens (tertiary/aromatic N) is 2. The highest BCUT2D eigenvalue weighted by Gasteiger charge is 2.20. The van der Waals surface area contributed by atoms with E-state index in [0.717, 1.165) is 18.0 Å². The van der Waals surface area contributed by atoms with Crippen LogP contribution in [0, 0.1) is 0 Å². The van der Waals surface area contributed by atoms with Crippen molar-refractivity contribution < 1.29 is 0 Å². The smallest absolute Gasteiger partial charge is 0.0453 e. The van der Waals surface area contributed by atoms with Crippen molar-refractivity contribution in [2.24, 2.45) is 0 Å². The lowest BCUT2D eigenvalue weighted by molar-refractivity contribution is 0.106. The second kappa shape index (κ2) is 8.14. The first-order chi connectivity index (χ1) is 10.1. The molecule has 1 saturated heterocycles. The molecular weight excluding hydrogens is 282 g/mol. The molecule has 0 radical (unpaired) electrons. The highest BCUT2D eigenvalue weighted by Crippen LogP contribution is 2.25. The van der Waals surface area contributed by atoms with E-state index in [1.165, 1.54) is 31.7 Å². The van der Waals surface area contributed by atoms with Gasteiger partial charge in [0.05, 0.1) is 0 Å². The Balaban J connectivity index is 1.83. The molecular formula is C17H28ClN3. The number of hydrogen-bond acceptors (Lipinski definition) is 3. The van der Waals surface area contributed by atoms with Gasteiger partial charge in [0, 0.05) is 49.8 Å². The molecule has 1 fully saturated rings. The van der Waals surface area contributed by atoms with Gasteiger partial charge in [-0.25, -0.2) is 0 Å². The van der Waals surface area contributed by atoms with Crippen LogP contribution in [0.25, 0.3) is 0 Å². The summed E-state index contributed by atoms with van der Waals surface area (Å²) in [7, 11) is 2.02. The fourth-order valence-electron chi connectivity index (χ4n) is 3.03. The van der Waals surface area contributed by atoms with Gasteiger partial charge in [0.2, 0.25) is 0 Å². The van der Waals surface area contributed by atoms with E-state index < -0.39 is 0 Å². The van der Waals surface area contributed by atoms with Gasteiger partial charge in [0.1, 0.15) is 0 Å². The Kier molecular flexibility index (Phi) is 6.49. The molecule has 3 nitrogen and oxygen atoms in total. The third kappa shape index (κ3) is 4.68. The SMILES string of the molecule is CNC(CCN1CCN(C(C)C)CC1)c1ccccc1Cl. The summed E-state index contributed by atoms with van der Waals surface area (Å²) in [6.45, 7) is 10.4. The Hall–Kier alpha value is -0.610. The van der Waals surface area contributed by atoms with E-state index in [2.05, 4.69) is 41.1 Å². The fraction of sp³-hybridized carbons (Fsp3) is 0.647. The van der Waals surface area contributed by atoms with Gasteiger partial charge in [-0.1, -0.05) is 29.8 Å². The first-order valence-corrected chi connectivity index (χ1v) is 8.37. The van der Waals surface area contributed by atoms with E-state index in [4.69, 9.17) is 11.6 Å². The molecule has 1 aliphatic heterocycles. The minimum atomic E-state index is 0.335. The second-order valence-corrected chi connectivity index (χ2v) is 6.53. The first kappa shape index (κ1) is 16.8. The summed E-state index contributed by atoms with van der Waals surface area (Å²) >= 11 is 6.31. The maximum Gasteiger partial charge on any atom is 0.0453 e. The summed E-state index contributed by atoms with van der Waals surface area (Å²) in [5.41, 5.74) is 1.21. The molecule has 1 N–H and O–H groups in total. The van der Waals surface area contributed by atoms with Gasteiger partial charge in [0.25, 0.3) is 0 Å². The van der Waals surface area contributed by atoms with E-state index in [1.807, 2.05) is 19.2 Å². The quantitative estimate of drug-likeness (QED) is 0.871. The van der Waals surface area contributed by atoms with E-state index in [0.29, 0.717) is 12.1 Å². The van der Waals surface area contributed by atoms with Crippen molar-refractivity contribution >= 4 is 11.6 Å². The van der Waals surface area contributed by atoms with Crippen LogP contribution >= 0.6 is 11.6 Å². The van der Waals surface area contributed by atoms with E-state index in [9.17, 15) is 0 Å². The number of halogens is 1. The van der Waals surface area contributed by atoms with Crippen molar-refractivity contribution in [2.75, 3.05) is 39.8 Å². The van der Waals surface area contributed by atoms with Crippen molar-refractivity contribution in [3.05, 3.63) is 34.9 Å². The maximum atomic E-state index is 6.31. The van der Waals surface area contributed by atoms with Crippen LogP contribution in [0.4, 0.5) is 0 Å². The van der Waals surface area contributed by atoms with Gasteiger partial charge >= 0.3 is 0 Å². The zero-order chi connectivity index (χ0) is 15.2. The monoisotopic (exact) mass is 309 g/mol. The Morgan fingerprint density at radius 3 is 2.38 bits per heavy atom. The van der Waals surface area contributed by atoms with Crippen LogP contribution in [0.2, 0.25) is 5.02 Å². The highest BCUT2D eigenvalue weighted by molar-refractivity contribution is 6.31. The molecule has 2 rings (SSSR count). The zero-order valence-corrected chi connectivity index (χ0v) is 14.2. The maximum absolute atomic E-state index is 6.31. The van der Waals surface area contributed by atoms with Crippen LogP contribution in [-0.2, 0) is 0 Å². The summed E-state index contributed by atoms with van der Waals surface area (Å²) in [6, 6.07) is 9.15. The Bertz CT molecular complexity index is 428. The molecule has 0 bridgehead atoms. The number of nitrogens with one attached hydrogen (secondary N) is 1. The minimum absolute atomic E-state index is 0.335. The Morgan fingerprint density at radius 1 is 1.14 bits per heavy atom. The summed E-state index contributed by atoms with van der Waals surface area (Å²) in [4.78, 5) is 5.13. The van der Waals surface area contributed by atoms with Gasteiger partial charge in [-0.15, -0.1) is 0 Å². The third-order valence-corrected chi connectivity index (χ3v) is 4.84. The normalized spacial score (nSPS) is 19.1. The summed E-state index contributed by atoms with van der Waals surface area (Å²) in [5, 5.41) is 4.27. The molecule has 21 heavy (non-hydrogen) atoms. The minimum Gasteiger partial charge on any atom is -0.313 e. The third-order valence-electron chi connectivity index (χ3n) is 4.50. The average Bonchev–Trinajstić information content (AvgIpc) is 2.50. The standard InChI is InChI=1S/C17H28ClN3/c1-14(2)21-12-10-20(11-13-21)9-8-17(19-3)15-6-4-5-7-16(15)18/h4-7,14,17,19H,8-13H2,1-3H3. The zero-order valence-electron chi connectivity index (χ0n) is 13.5. The predicted molar refractivity (Wildman–Crippen MR) is 91.0 cm³/mol. The molecule has 1 atom stereocenters. The lowest BCUT2D eigenvalue weighted by Gasteiger charge is -2.37.